The lowest BCUT2D eigenvalue weighted by Gasteiger charge is -2.00. The molecule has 0 radical (unpaired) electrons. The Morgan fingerprint density at radius 3 is 2.92 bits per heavy atom. The summed E-state index contributed by atoms with van der Waals surface area (Å²) in [4.78, 5) is 2.61. The number of halogens is 2. The lowest BCUT2D eigenvalue weighted by molar-refractivity contribution is 0.627. The summed E-state index contributed by atoms with van der Waals surface area (Å²) in [5, 5.41) is 3.73. The van der Waals surface area contributed by atoms with Gasteiger partial charge in [0.1, 0.15) is 5.82 Å². The molecule has 1 aromatic carbocycles. The van der Waals surface area contributed by atoms with E-state index in [1.54, 1.807) is 6.07 Å². The molecule has 0 N–H and O–H groups in total. The summed E-state index contributed by atoms with van der Waals surface area (Å²) in [6.07, 6.45) is 0.531. The topological polar surface area (TPSA) is 48.8 Å². The molecular formula is C8H7ClFN3. The van der Waals surface area contributed by atoms with Crippen LogP contribution in [-0.4, -0.2) is 6.54 Å². The molecule has 0 spiro atoms. The lowest BCUT2D eigenvalue weighted by Crippen LogP contribution is -1.90. The quantitative estimate of drug-likeness (QED) is 0.407. The molecule has 0 amide bonds. The summed E-state index contributed by atoms with van der Waals surface area (Å²) < 4.78 is 12.6. The van der Waals surface area contributed by atoms with E-state index in [0.717, 1.165) is 5.56 Å². The van der Waals surface area contributed by atoms with E-state index in [1.807, 2.05) is 0 Å². The fraction of sp³-hybridized carbons (Fsp3) is 0.250. The highest BCUT2D eigenvalue weighted by molar-refractivity contribution is 6.31. The molecule has 1 aromatic rings. The fourth-order valence-corrected chi connectivity index (χ4v) is 1.20. The van der Waals surface area contributed by atoms with Crippen molar-refractivity contribution in [3.63, 3.8) is 0 Å². The second-order valence-corrected chi connectivity index (χ2v) is 2.85. The molecule has 0 unspecified atom stereocenters. The number of hydrogen-bond acceptors (Lipinski definition) is 1. The Hall–Kier alpha value is -1.25. The molecule has 0 heterocycles. The Labute approximate surface area is 79.8 Å². The summed E-state index contributed by atoms with van der Waals surface area (Å²) in [7, 11) is 0. The highest BCUT2D eigenvalue weighted by atomic mass is 35.5. The summed E-state index contributed by atoms with van der Waals surface area (Å²) in [5.74, 6) is -0.363. The minimum Gasteiger partial charge on any atom is -0.207 e. The average molecular weight is 200 g/mol. The zero-order valence-corrected chi connectivity index (χ0v) is 7.50. The van der Waals surface area contributed by atoms with Crippen LogP contribution >= 0.6 is 11.6 Å². The highest BCUT2D eigenvalue weighted by Crippen LogP contribution is 2.17. The number of hydrogen-bond donors (Lipinski definition) is 0. The lowest BCUT2D eigenvalue weighted by atomic mass is 10.1. The Balaban J connectivity index is 2.71. The van der Waals surface area contributed by atoms with Gasteiger partial charge in [0.25, 0.3) is 0 Å². The van der Waals surface area contributed by atoms with Gasteiger partial charge in [0.15, 0.2) is 0 Å². The predicted octanol–water partition coefficient (Wildman–Crippen LogP) is 3.33. The van der Waals surface area contributed by atoms with Gasteiger partial charge in [0, 0.05) is 16.5 Å². The first-order valence-corrected chi connectivity index (χ1v) is 4.06. The standard InChI is InChI=1S/C8H7ClFN3/c9-8-5-7(10)2-1-6(8)3-4-12-13-11/h1-2,5H,3-4H2. The Bertz CT molecular complexity index is 347. The number of rotatable bonds is 3. The van der Waals surface area contributed by atoms with Crippen LogP contribution in [0.4, 0.5) is 4.39 Å². The van der Waals surface area contributed by atoms with Gasteiger partial charge in [0.2, 0.25) is 0 Å². The maximum atomic E-state index is 12.6. The van der Waals surface area contributed by atoms with Gasteiger partial charge >= 0.3 is 0 Å². The first kappa shape index (κ1) is 9.84. The van der Waals surface area contributed by atoms with Crippen LogP contribution < -0.4 is 0 Å². The molecular weight excluding hydrogens is 193 g/mol. The molecule has 1 rings (SSSR count). The molecule has 0 atom stereocenters. The molecule has 0 saturated carbocycles. The van der Waals surface area contributed by atoms with Crippen molar-refractivity contribution in [1.82, 2.24) is 0 Å². The SMILES string of the molecule is [N-]=[N+]=NCCc1ccc(F)cc1Cl. The van der Waals surface area contributed by atoms with E-state index in [4.69, 9.17) is 17.1 Å². The third kappa shape index (κ3) is 2.93. The van der Waals surface area contributed by atoms with Gasteiger partial charge in [-0.15, -0.1) is 0 Å². The van der Waals surface area contributed by atoms with Gasteiger partial charge < -0.3 is 0 Å². The zero-order chi connectivity index (χ0) is 9.68. The minimum atomic E-state index is -0.363. The molecule has 3 nitrogen and oxygen atoms in total. The molecule has 0 aliphatic carbocycles. The van der Waals surface area contributed by atoms with Crippen molar-refractivity contribution in [1.29, 1.82) is 0 Å². The van der Waals surface area contributed by atoms with Crippen molar-refractivity contribution in [2.24, 2.45) is 5.11 Å². The molecule has 0 aliphatic heterocycles. The van der Waals surface area contributed by atoms with Crippen molar-refractivity contribution in [2.75, 3.05) is 6.54 Å². The van der Waals surface area contributed by atoms with Crippen LogP contribution in [0, 0.1) is 5.82 Å². The maximum Gasteiger partial charge on any atom is 0.124 e. The van der Waals surface area contributed by atoms with E-state index >= 15 is 0 Å². The largest absolute Gasteiger partial charge is 0.207 e. The molecule has 5 heteroatoms. The van der Waals surface area contributed by atoms with E-state index in [9.17, 15) is 4.39 Å². The molecule has 13 heavy (non-hydrogen) atoms. The molecule has 0 aliphatic rings. The highest BCUT2D eigenvalue weighted by Gasteiger charge is 2.00. The van der Waals surface area contributed by atoms with Crippen LogP contribution in [0.5, 0.6) is 0 Å². The van der Waals surface area contributed by atoms with Crippen molar-refractivity contribution in [3.8, 4) is 0 Å². The summed E-state index contributed by atoms with van der Waals surface area (Å²) in [6.45, 7) is 0.335. The van der Waals surface area contributed by atoms with Gasteiger partial charge in [-0.1, -0.05) is 22.8 Å². The third-order valence-corrected chi connectivity index (χ3v) is 1.91. The van der Waals surface area contributed by atoms with E-state index in [1.165, 1.54) is 12.1 Å². The molecule has 0 fully saturated rings. The Morgan fingerprint density at radius 1 is 1.54 bits per heavy atom. The van der Waals surface area contributed by atoms with Gasteiger partial charge in [-0.25, -0.2) is 4.39 Å². The van der Waals surface area contributed by atoms with Crippen LogP contribution in [0.3, 0.4) is 0 Å². The van der Waals surface area contributed by atoms with Crippen LogP contribution in [0.25, 0.3) is 10.4 Å². The molecule has 68 valence electrons. The molecule has 0 bridgehead atoms. The fourth-order valence-electron chi connectivity index (χ4n) is 0.940. The molecule has 0 saturated heterocycles. The first-order chi connectivity index (χ1) is 6.24. The van der Waals surface area contributed by atoms with Crippen molar-refractivity contribution < 1.29 is 4.39 Å². The maximum absolute atomic E-state index is 12.6. The van der Waals surface area contributed by atoms with E-state index < -0.39 is 0 Å². The van der Waals surface area contributed by atoms with Crippen LogP contribution in [0.2, 0.25) is 5.02 Å². The van der Waals surface area contributed by atoms with E-state index in [2.05, 4.69) is 10.0 Å². The summed E-state index contributed by atoms with van der Waals surface area (Å²) in [5.41, 5.74) is 8.81. The minimum absolute atomic E-state index is 0.335. The van der Waals surface area contributed by atoms with Gasteiger partial charge in [-0.2, -0.15) is 0 Å². The predicted molar refractivity (Wildman–Crippen MR) is 49.1 cm³/mol. The first-order valence-electron chi connectivity index (χ1n) is 3.69. The zero-order valence-electron chi connectivity index (χ0n) is 6.74. The Morgan fingerprint density at radius 2 is 2.31 bits per heavy atom. The van der Waals surface area contributed by atoms with Crippen LogP contribution in [0.15, 0.2) is 23.3 Å². The monoisotopic (exact) mass is 199 g/mol. The van der Waals surface area contributed by atoms with Crippen LogP contribution in [-0.2, 0) is 6.42 Å². The second-order valence-electron chi connectivity index (χ2n) is 2.44. The van der Waals surface area contributed by atoms with Crippen LogP contribution in [0.1, 0.15) is 5.56 Å². The summed E-state index contributed by atoms with van der Waals surface area (Å²) >= 11 is 5.73. The Kier molecular flexibility index (Phi) is 3.55. The third-order valence-electron chi connectivity index (χ3n) is 1.56. The summed E-state index contributed by atoms with van der Waals surface area (Å²) in [6, 6.07) is 4.16. The molecule has 0 aromatic heterocycles. The van der Waals surface area contributed by atoms with E-state index in [0.29, 0.717) is 18.0 Å². The van der Waals surface area contributed by atoms with E-state index in [-0.39, 0.29) is 5.82 Å². The van der Waals surface area contributed by atoms with Gasteiger partial charge in [0.05, 0.1) is 0 Å². The normalized spacial score (nSPS) is 9.38. The second kappa shape index (κ2) is 4.70. The number of nitrogens with zero attached hydrogens (tertiary/aromatic N) is 3. The smallest absolute Gasteiger partial charge is 0.124 e. The van der Waals surface area contributed by atoms with Gasteiger partial charge in [-0.3, -0.25) is 0 Å². The van der Waals surface area contributed by atoms with Crippen molar-refractivity contribution in [3.05, 3.63) is 45.0 Å². The number of benzene rings is 1. The average Bonchev–Trinajstić information content (AvgIpc) is 2.09. The number of azide groups is 1. The van der Waals surface area contributed by atoms with Crippen molar-refractivity contribution in [2.45, 2.75) is 6.42 Å². The van der Waals surface area contributed by atoms with Crippen molar-refractivity contribution >= 4 is 11.6 Å². The van der Waals surface area contributed by atoms with Gasteiger partial charge in [-0.05, 0) is 29.6 Å².